The topological polar surface area (TPSA) is 29.5 Å². The van der Waals surface area contributed by atoms with Crippen molar-refractivity contribution in [1.82, 2.24) is 0 Å². The fourth-order valence-corrected chi connectivity index (χ4v) is 1.95. The van der Waals surface area contributed by atoms with E-state index in [0.29, 0.717) is 0 Å². The van der Waals surface area contributed by atoms with Crippen LogP contribution in [0.2, 0.25) is 0 Å². The summed E-state index contributed by atoms with van der Waals surface area (Å²) >= 11 is 0. The number of hydrogen-bond donors (Lipinski definition) is 1. The van der Waals surface area contributed by atoms with Crippen LogP contribution in [0.5, 0.6) is 5.75 Å². The summed E-state index contributed by atoms with van der Waals surface area (Å²) in [5, 5.41) is 8.80. The van der Waals surface area contributed by atoms with Crippen molar-refractivity contribution in [3.63, 3.8) is 0 Å². The Bertz CT molecular complexity index is 334. The van der Waals surface area contributed by atoms with Gasteiger partial charge in [-0.05, 0) is 49.3 Å². The largest absolute Gasteiger partial charge is 0.493 e. The van der Waals surface area contributed by atoms with Crippen LogP contribution in [0.25, 0.3) is 0 Å². The Morgan fingerprint density at radius 1 is 1.11 bits per heavy atom. The van der Waals surface area contributed by atoms with Crippen molar-refractivity contribution in [1.29, 1.82) is 0 Å². The van der Waals surface area contributed by atoms with E-state index in [9.17, 15) is 0 Å². The number of rotatable bonds is 9. The van der Waals surface area contributed by atoms with Crippen molar-refractivity contribution >= 4 is 0 Å². The number of hydrogen-bond acceptors (Lipinski definition) is 2. The van der Waals surface area contributed by atoms with Gasteiger partial charge in [-0.15, -0.1) is 0 Å². The van der Waals surface area contributed by atoms with Gasteiger partial charge in [-0.25, -0.2) is 0 Å². The normalized spacial score (nSPS) is 10.6. The summed E-state index contributed by atoms with van der Waals surface area (Å²) in [6.07, 6.45) is 6.22. The molecule has 0 spiro atoms. The van der Waals surface area contributed by atoms with Gasteiger partial charge in [0.1, 0.15) is 5.75 Å². The second kappa shape index (κ2) is 8.98. The predicted molar refractivity (Wildman–Crippen MR) is 76.2 cm³/mol. The predicted octanol–water partition coefficient (Wildman–Crippen LogP) is 3.74. The second-order valence-electron chi connectivity index (χ2n) is 4.68. The fraction of sp³-hybridized carbons (Fsp3) is 0.625. The number of aliphatic hydroxyl groups excluding tert-OH is 1. The maximum Gasteiger partial charge on any atom is 0.122 e. The van der Waals surface area contributed by atoms with Gasteiger partial charge in [0, 0.05) is 6.61 Å². The maximum atomic E-state index is 8.80. The first-order valence-electron chi connectivity index (χ1n) is 7.17. The van der Waals surface area contributed by atoms with Crippen LogP contribution in [0.3, 0.4) is 0 Å². The van der Waals surface area contributed by atoms with Crippen LogP contribution in [0.15, 0.2) is 18.2 Å². The van der Waals surface area contributed by atoms with Crippen LogP contribution in [0.4, 0.5) is 0 Å². The molecule has 0 aliphatic heterocycles. The lowest BCUT2D eigenvalue weighted by Crippen LogP contribution is -2.00. The van der Waals surface area contributed by atoms with Crippen molar-refractivity contribution in [3.05, 3.63) is 29.3 Å². The zero-order valence-electron chi connectivity index (χ0n) is 11.7. The van der Waals surface area contributed by atoms with Gasteiger partial charge in [-0.2, -0.15) is 0 Å². The summed E-state index contributed by atoms with van der Waals surface area (Å²) < 4.78 is 5.87. The molecular weight excluding hydrogens is 224 g/mol. The van der Waals surface area contributed by atoms with E-state index in [4.69, 9.17) is 9.84 Å². The molecule has 18 heavy (non-hydrogen) atoms. The van der Waals surface area contributed by atoms with E-state index >= 15 is 0 Å². The Balaban J connectivity index is 2.62. The minimum absolute atomic E-state index is 0.285. The highest BCUT2D eigenvalue weighted by atomic mass is 16.5. The molecule has 0 amide bonds. The molecule has 0 radical (unpaired) electrons. The van der Waals surface area contributed by atoms with E-state index in [0.717, 1.165) is 50.9 Å². The minimum Gasteiger partial charge on any atom is -0.493 e. The summed E-state index contributed by atoms with van der Waals surface area (Å²) in [6.45, 7) is 5.43. The third-order valence-electron chi connectivity index (χ3n) is 3.14. The van der Waals surface area contributed by atoms with Crippen LogP contribution in [0.1, 0.15) is 50.7 Å². The molecule has 0 atom stereocenters. The van der Waals surface area contributed by atoms with E-state index in [2.05, 4.69) is 32.0 Å². The van der Waals surface area contributed by atoms with E-state index in [-0.39, 0.29) is 6.61 Å². The molecule has 0 saturated carbocycles. The lowest BCUT2D eigenvalue weighted by atomic mass is 10.0. The smallest absolute Gasteiger partial charge is 0.122 e. The number of unbranched alkanes of at least 4 members (excludes halogenated alkanes) is 2. The lowest BCUT2D eigenvalue weighted by molar-refractivity contribution is 0.284. The fourth-order valence-electron chi connectivity index (χ4n) is 1.95. The van der Waals surface area contributed by atoms with Gasteiger partial charge in [0.15, 0.2) is 0 Å². The zero-order chi connectivity index (χ0) is 13.2. The van der Waals surface area contributed by atoms with Gasteiger partial charge in [0.2, 0.25) is 0 Å². The van der Waals surface area contributed by atoms with E-state index in [1.807, 2.05) is 0 Å². The average molecular weight is 250 g/mol. The molecule has 1 aromatic carbocycles. The monoisotopic (exact) mass is 250 g/mol. The van der Waals surface area contributed by atoms with E-state index in [1.54, 1.807) is 0 Å². The molecule has 0 heterocycles. The van der Waals surface area contributed by atoms with Gasteiger partial charge in [0.05, 0.1) is 6.61 Å². The summed E-state index contributed by atoms with van der Waals surface area (Å²) in [6, 6.07) is 6.53. The molecule has 0 aliphatic rings. The highest BCUT2D eigenvalue weighted by Gasteiger charge is 2.04. The van der Waals surface area contributed by atoms with Gasteiger partial charge in [-0.1, -0.05) is 32.4 Å². The summed E-state index contributed by atoms with van der Waals surface area (Å²) in [7, 11) is 0. The second-order valence-corrected chi connectivity index (χ2v) is 4.68. The summed E-state index contributed by atoms with van der Waals surface area (Å²) in [5.41, 5.74) is 2.60. The van der Waals surface area contributed by atoms with Crippen LogP contribution in [-0.2, 0) is 12.8 Å². The molecule has 0 fully saturated rings. The quantitative estimate of drug-likeness (QED) is 0.676. The molecule has 1 rings (SSSR count). The highest BCUT2D eigenvalue weighted by molar-refractivity contribution is 5.37. The third-order valence-corrected chi connectivity index (χ3v) is 3.14. The molecule has 0 aromatic heterocycles. The summed E-state index contributed by atoms with van der Waals surface area (Å²) in [4.78, 5) is 0. The molecular formula is C16H26O2. The maximum absolute atomic E-state index is 8.80. The molecule has 102 valence electrons. The zero-order valence-corrected chi connectivity index (χ0v) is 11.7. The van der Waals surface area contributed by atoms with Crippen LogP contribution < -0.4 is 4.74 Å². The standard InChI is InChI=1S/C16H26O2/c1-3-5-12-18-16-13-14(8-6-7-11-17)9-10-15(16)4-2/h9-10,13,17H,3-8,11-12H2,1-2H3. The average Bonchev–Trinajstić information content (AvgIpc) is 2.40. The Kier molecular flexibility index (Phi) is 7.51. The first-order valence-corrected chi connectivity index (χ1v) is 7.17. The molecule has 0 bridgehead atoms. The SMILES string of the molecule is CCCCOc1cc(CCCCO)ccc1CC. The third kappa shape index (κ3) is 5.09. The van der Waals surface area contributed by atoms with Crippen LogP contribution in [0, 0.1) is 0 Å². The summed E-state index contributed by atoms with van der Waals surface area (Å²) in [5.74, 6) is 1.05. The van der Waals surface area contributed by atoms with Crippen LogP contribution >= 0.6 is 0 Å². The molecule has 0 unspecified atom stereocenters. The van der Waals surface area contributed by atoms with Gasteiger partial charge in [-0.3, -0.25) is 0 Å². The minimum atomic E-state index is 0.285. The van der Waals surface area contributed by atoms with Crippen molar-refractivity contribution in [2.75, 3.05) is 13.2 Å². The number of aliphatic hydroxyl groups is 1. The molecule has 0 aliphatic carbocycles. The molecule has 0 saturated heterocycles. The lowest BCUT2D eigenvalue weighted by Gasteiger charge is -2.12. The van der Waals surface area contributed by atoms with E-state index in [1.165, 1.54) is 11.1 Å². The van der Waals surface area contributed by atoms with Crippen molar-refractivity contribution in [3.8, 4) is 5.75 Å². The number of benzene rings is 1. The molecule has 1 aromatic rings. The van der Waals surface area contributed by atoms with Crippen molar-refractivity contribution in [2.24, 2.45) is 0 Å². The van der Waals surface area contributed by atoms with E-state index < -0.39 is 0 Å². The van der Waals surface area contributed by atoms with Crippen molar-refractivity contribution < 1.29 is 9.84 Å². The molecule has 1 N–H and O–H groups in total. The Labute approximate surface area is 111 Å². The number of ether oxygens (including phenoxy) is 1. The molecule has 2 heteroatoms. The number of aryl methyl sites for hydroxylation is 2. The van der Waals surface area contributed by atoms with Crippen molar-refractivity contribution in [2.45, 2.75) is 52.4 Å². The van der Waals surface area contributed by atoms with Gasteiger partial charge < -0.3 is 9.84 Å². The Morgan fingerprint density at radius 2 is 1.94 bits per heavy atom. The Hall–Kier alpha value is -1.02. The Morgan fingerprint density at radius 3 is 2.61 bits per heavy atom. The highest BCUT2D eigenvalue weighted by Crippen LogP contribution is 2.22. The van der Waals surface area contributed by atoms with Crippen LogP contribution in [-0.4, -0.2) is 18.3 Å². The first kappa shape index (κ1) is 15.0. The van der Waals surface area contributed by atoms with Gasteiger partial charge in [0.25, 0.3) is 0 Å². The first-order chi connectivity index (χ1) is 8.81. The van der Waals surface area contributed by atoms with Gasteiger partial charge >= 0.3 is 0 Å². The molecule has 2 nitrogen and oxygen atoms in total.